The van der Waals surface area contributed by atoms with Gasteiger partial charge in [0, 0.05) is 18.3 Å². The summed E-state index contributed by atoms with van der Waals surface area (Å²) in [6, 6.07) is 5.20. The summed E-state index contributed by atoms with van der Waals surface area (Å²) in [6.07, 6.45) is 0.526. The minimum absolute atomic E-state index is 0.00156. The van der Waals surface area contributed by atoms with Crippen molar-refractivity contribution in [2.24, 2.45) is 5.73 Å². The summed E-state index contributed by atoms with van der Waals surface area (Å²) in [7, 11) is 1.56. The topological polar surface area (TPSA) is 110 Å². The van der Waals surface area contributed by atoms with Gasteiger partial charge >= 0.3 is 0 Å². The molecular weight excluding hydrogens is 330 g/mol. The Hall–Kier alpha value is -2.67. The molecule has 0 fully saturated rings. The van der Waals surface area contributed by atoms with Crippen LogP contribution in [0, 0.1) is 6.92 Å². The Balaban J connectivity index is 2.46. The summed E-state index contributed by atoms with van der Waals surface area (Å²) in [5, 5.41) is 5.73. The largest absolute Gasteiger partial charge is 0.364 e. The highest BCUT2D eigenvalue weighted by Crippen LogP contribution is 2.24. The lowest BCUT2D eigenvalue weighted by molar-refractivity contribution is 0.0960. The molecule has 0 unspecified atom stereocenters. The number of carbonyl (C=O) groups is 2. The first-order valence-corrected chi connectivity index (χ1v) is 7.71. The summed E-state index contributed by atoms with van der Waals surface area (Å²) >= 11 is 6.07. The molecule has 1 aromatic carbocycles. The molecule has 0 aliphatic carbocycles. The van der Waals surface area contributed by atoms with Crippen molar-refractivity contribution < 1.29 is 9.59 Å². The minimum Gasteiger partial charge on any atom is -0.364 e. The van der Waals surface area contributed by atoms with Crippen molar-refractivity contribution >= 4 is 34.9 Å². The normalized spacial score (nSPS) is 10.3. The van der Waals surface area contributed by atoms with E-state index in [1.807, 2.05) is 13.8 Å². The van der Waals surface area contributed by atoms with Crippen LogP contribution in [0.25, 0.3) is 0 Å². The number of amides is 2. The van der Waals surface area contributed by atoms with Crippen LogP contribution in [0.15, 0.2) is 18.2 Å². The molecule has 8 heteroatoms. The molecule has 0 atom stereocenters. The van der Waals surface area contributed by atoms with Crippen LogP contribution in [0.1, 0.15) is 39.0 Å². The van der Waals surface area contributed by atoms with E-state index in [4.69, 9.17) is 17.3 Å². The Morgan fingerprint density at radius 2 is 2.00 bits per heavy atom. The van der Waals surface area contributed by atoms with Crippen molar-refractivity contribution in [3.63, 3.8) is 0 Å². The first-order valence-electron chi connectivity index (χ1n) is 7.33. The number of nitrogens with zero attached hydrogens (tertiary/aromatic N) is 2. The van der Waals surface area contributed by atoms with E-state index < -0.39 is 5.91 Å². The van der Waals surface area contributed by atoms with Crippen LogP contribution in [0.4, 0.5) is 11.5 Å². The van der Waals surface area contributed by atoms with E-state index >= 15 is 0 Å². The third-order valence-corrected chi connectivity index (χ3v) is 3.76. The van der Waals surface area contributed by atoms with E-state index in [0.717, 1.165) is 5.56 Å². The zero-order valence-corrected chi connectivity index (χ0v) is 14.4. The molecule has 7 nitrogen and oxygen atoms in total. The standard InChI is InChI=1S/C16H18ClN5O2/c1-4-11-13(17)22-15(12(21-11)14(18)23)20-9-6-5-8(2)10(7-9)16(24)19-3/h5-7H,4H2,1-3H3,(H2,18,23)(H,19,24)(H,20,22). The van der Waals surface area contributed by atoms with Crippen LogP contribution < -0.4 is 16.4 Å². The minimum atomic E-state index is -0.713. The van der Waals surface area contributed by atoms with Crippen molar-refractivity contribution in [3.05, 3.63) is 45.9 Å². The van der Waals surface area contributed by atoms with Crippen molar-refractivity contribution in [1.29, 1.82) is 0 Å². The fourth-order valence-corrected chi connectivity index (χ4v) is 2.41. The van der Waals surface area contributed by atoms with Crippen LogP contribution in [-0.2, 0) is 6.42 Å². The predicted molar refractivity (Wildman–Crippen MR) is 92.8 cm³/mol. The lowest BCUT2D eigenvalue weighted by atomic mass is 10.1. The molecular formula is C16H18ClN5O2. The summed E-state index contributed by atoms with van der Waals surface area (Å²) in [6.45, 7) is 3.68. The zero-order valence-electron chi connectivity index (χ0n) is 13.6. The van der Waals surface area contributed by atoms with E-state index in [-0.39, 0.29) is 22.6 Å². The lowest BCUT2D eigenvalue weighted by Crippen LogP contribution is -2.20. The molecule has 2 rings (SSSR count). The molecule has 24 heavy (non-hydrogen) atoms. The Morgan fingerprint density at radius 1 is 1.29 bits per heavy atom. The molecule has 2 aromatic rings. The van der Waals surface area contributed by atoms with Gasteiger partial charge in [-0.05, 0) is 31.0 Å². The van der Waals surface area contributed by atoms with E-state index in [0.29, 0.717) is 23.4 Å². The Bertz CT molecular complexity index is 807. The number of rotatable bonds is 5. The highest BCUT2D eigenvalue weighted by Gasteiger charge is 2.17. The van der Waals surface area contributed by atoms with Gasteiger partial charge in [0.2, 0.25) is 0 Å². The zero-order chi connectivity index (χ0) is 17.9. The number of hydrogen-bond acceptors (Lipinski definition) is 5. The quantitative estimate of drug-likeness (QED) is 0.768. The van der Waals surface area contributed by atoms with E-state index in [9.17, 15) is 9.59 Å². The van der Waals surface area contributed by atoms with Gasteiger partial charge in [-0.3, -0.25) is 9.59 Å². The molecule has 2 amide bonds. The first-order chi connectivity index (χ1) is 11.4. The van der Waals surface area contributed by atoms with Crippen LogP contribution in [0.5, 0.6) is 0 Å². The van der Waals surface area contributed by atoms with Crippen LogP contribution in [-0.4, -0.2) is 28.8 Å². The fraction of sp³-hybridized carbons (Fsp3) is 0.250. The maximum absolute atomic E-state index is 11.9. The smallest absolute Gasteiger partial charge is 0.271 e. The third-order valence-electron chi connectivity index (χ3n) is 3.46. The average Bonchev–Trinajstić information content (AvgIpc) is 2.55. The van der Waals surface area contributed by atoms with E-state index in [1.54, 1.807) is 25.2 Å². The number of nitrogens with one attached hydrogen (secondary N) is 2. The Labute approximate surface area is 144 Å². The number of aromatic nitrogens is 2. The molecule has 0 bridgehead atoms. The fourth-order valence-electron chi connectivity index (χ4n) is 2.15. The van der Waals surface area contributed by atoms with Gasteiger partial charge < -0.3 is 16.4 Å². The number of benzene rings is 1. The maximum atomic E-state index is 11.9. The SMILES string of the molecule is CCc1nc(C(N)=O)c(Nc2ccc(C)c(C(=O)NC)c2)nc1Cl. The monoisotopic (exact) mass is 347 g/mol. The number of aryl methyl sites for hydroxylation is 2. The third kappa shape index (κ3) is 3.62. The van der Waals surface area contributed by atoms with Gasteiger partial charge in [0.25, 0.3) is 11.8 Å². The molecule has 0 saturated heterocycles. The van der Waals surface area contributed by atoms with Gasteiger partial charge in [-0.1, -0.05) is 24.6 Å². The summed E-state index contributed by atoms with van der Waals surface area (Å²) in [4.78, 5) is 31.9. The average molecular weight is 348 g/mol. The second-order valence-electron chi connectivity index (χ2n) is 5.11. The van der Waals surface area contributed by atoms with Gasteiger partial charge in [0.05, 0.1) is 5.69 Å². The number of primary amides is 1. The van der Waals surface area contributed by atoms with E-state index in [2.05, 4.69) is 20.6 Å². The number of nitrogens with two attached hydrogens (primary N) is 1. The van der Waals surface area contributed by atoms with Crippen molar-refractivity contribution in [3.8, 4) is 0 Å². The molecule has 0 aliphatic rings. The van der Waals surface area contributed by atoms with Gasteiger partial charge in [0.1, 0.15) is 0 Å². The number of carbonyl (C=O) groups excluding carboxylic acids is 2. The molecule has 0 aliphatic heterocycles. The van der Waals surface area contributed by atoms with Gasteiger partial charge in [0.15, 0.2) is 16.7 Å². The van der Waals surface area contributed by atoms with E-state index in [1.165, 1.54) is 0 Å². The molecule has 126 valence electrons. The van der Waals surface area contributed by atoms with Gasteiger partial charge in [-0.15, -0.1) is 0 Å². The van der Waals surface area contributed by atoms with Crippen molar-refractivity contribution in [2.75, 3.05) is 12.4 Å². The molecule has 0 saturated carbocycles. The molecule has 1 aromatic heterocycles. The number of hydrogen-bond donors (Lipinski definition) is 3. The van der Waals surface area contributed by atoms with Crippen molar-refractivity contribution in [2.45, 2.75) is 20.3 Å². The van der Waals surface area contributed by atoms with Crippen molar-refractivity contribution in [1.82, 2.24) is 15.3 Å². The second kappa shape index (κ2) is 7.27. The molecule has 0 radical (unpaired) electrons. The summed E-state index contributed by atoms with van der Waals surface area (Å²) in [5.74, 6) is -0.775. The predicted octanol–water partition coefficient (Wildman–Crippen LogP) is 2.20. The van der Waals surface area contributed by atoms with Crippen LogP contribution in [0.2, 0.25) is 5.15 Å². The Morgan fingerprint density at radius 3 is 2.58 bits per heavy atom. The number of halogens is 1. The van der Waals surface area contributed by atoms with Crippen LogP contribution in [0.3, 0.4) is 0 Å². The molecule has 1 heterocycles. The molecule has 4 N–H and O–H groups in total. The Kier molecular flexibility index (Phi) is 5.35. The number of anilines is 2. The second-order valence-corrected chi connectivity index (χ2v) is 5.47. The highest BCUT2D eigenvalue weighted by molar-refractivity contribution is 6.30. The summed E-state index contributed by atoms with van der Waals surface area (Å²) < 4.78 is 0. The lowest BCUT2D eigenvalue weighted by Gasteiger charge is -2.13. The summed E-state index contributed by atoms with van der Waals surface area (Å²) in [5.41, 5.74) is 7.76. The van der Waals surface area contributed by atoms with Gasteiger partial charge in [-0.2, -0.15) is 0 Å². The first kappa shape index (κ1) is 17.7. The molecule has 0 spiro atoms. The highest BCUT2D eigenvalue weighted by atomic mass is 35.5. The maximum Gasteiger partial charge on any atom is 0.271 e. The van der Waals surface area contributed by atoms with Crippen LogP contribution >= 0.6 is 11.6 Å². The van der Waals surface area contributed by atoms with Gasteiger partial charge in [-0.25, -0.2) is 9.97 Å².